The highest BCUT2D eigenvalue weighted by atomic mass is 32.2. The van der Waals surface area contributed by atoms with Crippen molar-refractivity contribution in [3.05, 3.63) is 0 Å². The maximum absolute atomic E-state index is 11.5. The van der Waals surface area contributed by atoms with Crippen molar-refractivity contribution in [1.29, 1.82) is 0 Å². The minimum absolute atomic E-state index is 0.170. The molecule has 0 aliphatic rings. The van der Waals surface area contributed by atoms with E-state index in [0.29, 0.717) is 19.3 Å². The summed E-state index contributed by atoms with van der Waals surface area (Å²) in [6.07, 6.45) is 4.49. The quantitative estimate of drug-likeness (QED) is 0.0662. The fourth-order valence-electron chi connectivity index (χ4n) is 2.17. The van der Waals surface area contributed by atoms with Crippen LogP contribution in [0, 0.1) is 0 Å². The number of aliphatic hydroxyl groups excluding tert-OH is 3. The Labute approximate surface area is 215 Å². The number of unbranched alkanes of at least 4 members (excludes halogenated alkanes) is 3. The van der Waals surface area contributed by atoms with E-state index in [2.05, 4.69) is 27.0 Å². The lowest BCUT2D eigenvalue weighted by Crippen LogP contribution is -2.53. The molecule has 0 bridgehead atoms. The standard InChI is InChI=1S/C10H16N2O6S.C10H20N2O3.CH5N/c1-6(16)19-5-9(17)12-8(4-15)10(18)11-7(2-13)3-14;1-11-9(8-14)10(15)12-6-4-2-3-5-7-13;1-2/h2,7-8,14-15H,3-5H2,1H3,(H,11,18)(H,12,17);7,9,11,14H,2-6,8H2,1H3,(H,12,15);2H2,1H3. The Morgan fingerprint density at radius 1 is 0.889 bits per heavy atom. The van der Waals surface area contributed by atoms with Gasteiger partial charge in [0, 0.05) is 19.9 Å². The third kappa shape index (κ3) is 22.1. The predicted molar refractivity (Wildman–Crippen MR) is 135 cm³/mol. The van der Waals surface area contributed by atoms with E-state index in [1.807, 2.05) is 0 Å². The van der Waals surface area contributed by atoms with Gasteiger partial charge in [0.25, 0.3) is 0 Å². The van der Waals surface area contributed by atoms with Crippen LogP contribution in [0.25, 0.3) is 0 Å². The zero-order valence-corrected chi connectivity index (χ0v) is 21.8. The molecule has 0 aromatic heterocycles. The number of carbonyl (C=O) groups excluding carboxylic acids is 6. The lowest BCUT2D eigenvalue weighted by Gasteiger charge is -2.17. The average Bonchev–Trinajstić information content (AvgIpc) is 2.88. The summed E-state index contributed by atoms with van der Waals surface area (Å²) in [6, 6.07) is -2.86. The van der Waals surface area contributed by atoms with Crippen molar-refractivity contribution in [2.45, 2.75) is 50.7 Å². The minimum Gasteiger partial charge on any atom is -0.394 e. The first kappa shape index (κ1) is 38.1. The molecule has 0 rings (SSSR count). The van der Waals surface area contributed by atoms with Gasteiger partial charge in [-0.1, -0.05) is 18.2 Å². The molecule has 0 aliphatic heterocycles. The summed E-state index contributed by atoms with van der Waals surface area (Å²) in [5.41, 5.74) is 4.50. The number of aliphatic hydroxyl groups is 3. The fourth-order valence-corrected chi connectivity index (χ4v) is 2.59. The van der Waals surface area contributed by atoms with Crippen molar-refractivity contribution in [2.24, 2.45) is 5.73 Å². The summed E-state index contributed by atoms with van der Waals surface area (Å²) in [5, 5.41) is 36.0. The van der Waals surface area contributed by atoms with Gasteiger partial charge in [0.1, 0.15) is 30.7 Å². The number of amides is 3. The minimum atomic E-state index is -1.24. The molecule has 0 heterocycles. The number of nitrogens with one attached hydrogen (secondary N) is 4. The van der Waals surface area contributed by atoms with Crippen LogP contribution in [0.4, 0.5) is 0 Å². The largest absolute Gasteiger partial charge is 0.394 e. The molecule has 210 valence electrons. The summed E-state index contributed by atoms with van der Waals surface area (Å²) < 4.78 is 0. The maximum Gasteiger partial charge on any atom is 0.245 e. The van der Waals surface area contributed by atoms with Crippen LogP contribution in [-0.2, 0) is 28.8 Å². The predicted octanol–water partition coefficient (Wildman–Crippen LogP) is -3.56. The second-order valence-electron chi connectivity index (χ2n) is 6.85. The van der Waals surface area contributed by atoms with Crippen LogP contribution in [0.2, 0.25) is 0 Å². The van der Waals surface area contributed by atoms with E-state index in [4.69, 9.17) is 15.3 Å². The number of hydrogen-bond acceptors (Lipinski definition) is 12. The van der Waals surface area contributed by atoms with E-state index in [-0.39, 0.29) is 23.4 Å². The van der Waals surface area contributed by atoms with Crippen LogP contribution in [0.5, 0.6) is 0 Å². The molecule has 0 aromatic carbocycles. The van der Waals surface area contributed by atoms with Crippen LogP contribution in [0.3, 0.4) is 0 Å². The zero-order chi connectivity index (χ0) is 28.4. The summed E-state index contributed by atoms with van der Waals surface area (Å²) in [7, 11) is 3.13. The van der Waals surface area contributed by atoms with Crippen molar-refractivity contribution in [1.82, 2.24) is 21.3 Å². The van der Waals surface area contributed by atoms with Crippen LogP contribution in [-0.4, -0.2) is 115 Å². The summed E-state index contributed by atoms with van der Waals surface area (Å²) in [4.78, 5) is 65.3. The van der Waals surface area contributed by atoms with Crippen LogP contribution < -0.4 is 27.0 Å². The van der Waals surface area contributed by atoms with E-state index in [1.54, 1.807) is 7.05 Å². The van der Waals surface area contributed by atoms with Gasteiger partial charge in [-0.25, -0.2) is 0 Å². The maximum atomic E-state index is 11.5. The van der Waals surface area contributed by atoms with Crippen LogP contribution in [0.15, 0.2) is 0 Å². The lowest BCUT2D eigenvalue weighted by atomic mass is 10.2. The topological polar surface area (TPSA) is 237 Å². The second-order valence-corrected chi connectivity index (χ2v) is 8.00. The molecule has 15 heteroatoms. The average molecular weight is 540 g/mol. The Morgan fingerprint density at radius 3 is 1.94 bits per heavy atom. The van der Waals surface area contributed by atoms with Gasteiger partial charge in [-0.2, -0.15) is 0 Å². The molecule has 3 atom stereocenters. The zero-order valence-electron chi connectivity index (χ0n) is 21.0. The van der Waals surface area contributed by atoms with Gasteiger partial charge >= 0.3 is 0 Å². The summed E-state index contributed by atoms with van der Waals surface area (Å²) in [6.45, 7) is 0.439. The Kier molecular flexibility index (Phi) is 28.8. The van der Waals surface area contributed by atoms with Gasteiger partial charge in [0.15, 0.2) is 5.12 Å². The molecule has 0 saturated carbocycles. The third-order valence-electron chi connectivity index (χ3n) is 4.07. The second kappa shape index (κ2) is 27.2. The molecule has 14 nitrogen and oxygen atoms in total. The van der Waals surface area contributed by atoms with Crippen molar-refractivity contribution in [3.63, 3.8) is 0 Å². The van der Waals surface area contributed by atoms with E-state index in [0.717, 1.165) is 37.3 Å². The Morgan fingerprint density at radius 2 is 1.50 bits per heavy atom. The molecule has 0 spiro atoms. The molecule has 3 unspecified atom stereocenters. The number of aldehydes is 2. The van der Waals surface area contributed by atoms with E-state index in [9.17, 15) is 28.8 Å². The summed E-state index contributed by atoms with van der Waals surface area (Å²) in [5.74, 6) is -1.75. The van der Waals surface area contributed by atoms with Gasteiger partial charge < -0.3 is 51.9 Å². The first-order valence-corrected chi connectivity index (χ1v) is 12.2. The smallest absolute Gasteiger partial charge is 0.245 e. The number of carbonyl (C=O) groups is 6. The first-order chi connectivity index (χ1) is 17.2. The highest BCUT2D eigenvalue weighted by molar-refractivity contribution is 8.14. The number of hydrogen-bond donors (Lipinski definition) is 8. The van der Waals surface area contributed by atoms with E-state index >= 15 is 0 Å². The van der Waals surface area contributed by atoms with E-state index in [1.165, 1.54) is 14.0 Å². The molecule has 0 aromatic rings. The lowest BCUT2D eigenvalue weighted by molar-refractivity contribution is -0.130. The first-order valence-electron chi connectivity index (χ1n) is 11.2. The van der Waals surface area contributed by atoms with Gasteiger partial charge in [0.05, 0.1) is 25.6 Å². The Bertz CT molecular complexity index is 637. The van der Waals surface area contributed by atoms with Crippen molar-refractivity contribution >= 4 is 47.2 Å². The molecule has 0 fully saturated rings. The van der Waals surface area contributed by atoms with Crippen LogP contribution >= 0.6 is 11.8 Å². The molecule has 0 saturated heterocycles. The van der Waals surface area contributed by atoms with Crippen molar-refractivity contribution in [3.8, 4) is 0 Å². The normalized spacial score (nSPS) is 12.2. The monoisotopic (exact) mass is 539 g/mol. The Balaban J connectivity index is -0.000000579. The van der Waals surface area contributed by atoms with Gasteiger partial charge in [0.2, 0.25) is 17.7 Å². The summed E-state index contributed by atoms with van der Waals surface area (Å²) >= 11 is 0.766. The molecule has 0 radical (unpaired) electrons. The molecular weight excluding hydrogens is 498 g/mol. The number of likely N-dealkylation sites (N-methyl/N-ethyl adjacent to an activating group) is 1. The Hall–Kier alpha value is -2.43. The SMILES string of the molecule is CC(=O)SCC(=O)NC(CO)C(=O)NC(C=O)CO.CN.CNC(CO)C(=O)NCCCCCC=O. The van der Waals surface area contributed by atoms with Crippen LogP contribution in [0.1, 0.15) is 32.6 Å². The van der Waals surface area contributed by atoms with Gasteiger partial charge in [-0.05, 0) is 26.9 Å². The molecular formula is C21H41N5O9S. The molecule has 3 amide bonds. The fraction of sp³-hybridized carbons (Fsp3) is 0.714. The number of thioether (sulfide) groups is 1. The third-order valence-corrected chi connectivity index (χ3v) is 4.89. The highest BCUT2D eigenvalue weighted by Gasteiger charge is 2.22. The number of nitrogens with two attached hydrogens (primary N) is 1. The molecule has 9 N–H and O–H groups in total. The van der Waals surface area contributed by atoms with Gasteiger partial charge in [-0.15, -0.1) is 0 Å². The van der Waals surface area contributed by atoms with Crippen molar-refractivity contribution < 1.29 is 44.1 Å². The molecule has 0 aliphatic carbocycles. The van der Waals surface area contributed by atoms with E-state index < -0.39 is 43.2 Å². The van der Waals surface area contributed by atoms with Crippen molar-refractivity contribution in [2.75, 3.05) is 46.2 Å². The molecule has 36 heavy (non-hydrogen) atoms. The van der Waals surface area contributed by atoms with Gasteiger partial charge in [-0.3, -0.25) is 19.2 Å². The highest BCUT2D eigenvalue weighted by Crippen LogP contribution is 2.00. The number of rotatable bonds is 17.